The second-order valence-corrected chi connectivity index (χ2v) is 6.12. The summed E-state index contributed by atoms with van der Waals surface area (Å²) in [5, 5.41) is 7.41. The third kappa shape index (κ3) is 3.94. The molecule has 0 unspecified atom stereocenters. The van der Waals surface area contributed by atoms with Gasteiger partial charge in [0.2, 0.25) is 5.91 Å². The van der Waals surface area contributed by atoms with Crippen molar-refractivity contribution in [2.45, 2.75) is 18.9 Å². The number of ether oxygens (including phenoxy) is 1. The largest absolute Gasteiger partial charge is 0.492 e. The van der Waals surface area contributed by atoms with E-state index >= 15 is 0 Å². The third-order valence-corrected chi connectivity index (χ3v) is 4.23. The van der Waals surface area contributed by atoms with Crippen LogP contribution in [0.3, 0.4) is 0 Å². The van der Waals surface area contributed by atoms with E-state index in [0.717, 1.165) is 36.3 Å². The van der Waals surface area contributed by atoms with Crippen LogP contribution in [-0.4, -0.2) is 53.4 Å². The zero-order valence-corrected chi connectivity index (χ0v) is 14.2. The molecule has 6 nitrogen and oxygen atoms in total. The fourth-order valence-corrected chi connectivity index (χ4v) is 2.84. The summed E-state index contributed by atoms with van der Waals surface area (Å²) >= 11 is 0. The maximum atomic E-state index is 12.2. The van der Waals surface area contributed by atoms with Crippen molar-refractivity contribution in [1.82, 2.24) is 20.0 Å². The highest BCUT2D eigenvalue weighted by Gasteiger charge is 2.24. The van der Waals surface area contributed by atoms with Crippen molar-refractivity contribution < 1.29 is 9.53 Å². The normalized spacial score (nSPS) is 17.0. The number of amides is 1. The summed E-state index contributed by atoms with van der Waals surface area (Å²) in [5.41, 5.74) is 2.04. The summed E-state index contributed by atoms with van der Waals surface area (Å²) in [6.07, 6.45) is 5.76. The Labute approximate surface area is 142 Å². The van der Waals surface area contributed by atoms with Crippen molar-refractivity contribution in [3.63, 3.8) is 0 Å². The Balaban J connectivity index is 1.52. The second kappa shape index (κ2) is 7.49. The van der Waals surface area contributed by atoms with Gasteiger partial charge >= 0.3 is 0 Å². The highest BCUT2D eigenvalue weighted by Crippen LogP contribution is 2.22. The third-order valence-electron chi connectivity index (χ3n) is 4.23. The average molecular weight is 327 g/mol. The van der Waals surface area contributed by atoms with E-state index in [-0.39, 0.29) is 11.9 Å². The van der Waals surface area contributed by atoms with E-state index in [2.05, 4.69) is 16.5 Å². The number of nitrogens with one attached hydrogen (secondary N) is 1. The van der Waals surface area contributed by atoms with Gasteiger partial charge in [-0.3, -0.25) is 9.48 Å². The molecule has 2 heterocycles. The lowest BCUT2D eigenvalue weighted by molar-refractivity contribution is -0.132. The topological polar surface area (TPSA) is 59.4 Å². The van der Waals surface area contributed by atoms with E-state index in [9.17, 15) is 4.79 Å². The number of likely N-dealkylation sites (N-methyl/N-ethyl adjacent to an activating group) is 1. The highest BCUT2D eigenvalue weighted by molar-refractivity contribution is 5.81. The van der Waals surface area contributed by atoms with Crippen LogP contribution >= 0.6 is 0 Å². The van der Waals surface area contributed by atoms with Crippen molar-refractivity contribution in [3.8, 4) is 16.9 Å². The van der Waals surface area contributed by atoms with Crippen molar-refractivity contribution in [2.75, 3.05) is 26.7 Å². The van der Waals surface area contributed by atoms with Gasteiger partial charge in [-0.05, 0) is 49.2 Å². The number of nitrogens with zero attached hydrogens (tertiary/aromatic N) is 3. The minimum atomic E-state index is -0.0303. The summed E-state index contributed by atoms with van der Waals surface area (Å²) in [7, 11) is 3.71. The lowest BCUT2D eigenvalue weighted by Gasteiger charge is -2.21. The van der Waals surface area contributed by atoms with Crippen LogP contribution < -0.4 is 10.1 Å². The van der Waals surface area contributed by atoms with E-state index in [0.29, 0.717) is 13.2 Å². The molecule has 0 saturated carbocycles. The van der Waals surface area contributed by atoms with Crippen LogP contribution in [0.5, 0.6) is 5.75 Å². The molecule has 1 aromatic carbocycles. The maximum Gasteiger partial charge on any atom is 0.239 e. The molecule has 0 aliphatic carbocycles. The Hall–Kier alpha value is -2.34. The molecule has 127 valence electrons. The summed E-state index contributed by atoms with van der Waals surface area (Å²) in [6, 6.07) is 8.74. The van der Waals surface area contributed by atoms with E-state index < -0.39 is 0 Å². The molecule has 1 amide bonds. The first kappa shape index (κ1) is 16.5. The van der Waals surface area contributed by atoms with Crippen molar-refractivity contribution >= 4 is 5.91 Å². The fraction of sp³-hybridized carbons (Fsp3) is 0.444. The van der Waals surface area contributed by atoms with Crippen molar-refractivity contribution in [1.29, 1.82) is 0 Å². The Morgan fingerprint density at radius 3 is 3.08 bits per heavy atom. The highest BCUT2D eigenvalue weighted by atomic mass is 16.5. The van der Waals surface area contributed by atoms with Gasteiger partial charge in [0.15, 0.2) is 0 Å². The number of hydrogen-bond acceptors (Lipinski definition) is 4. The Kier molecular flexibility index (Phi) is 5.15. The van der Waals surface area contributed by atoms with E-state index in [1.54, 1.807) is 15.6 Å². The van der Waals surface area contributed by atoms with Gasteiger partial charge in [-0.1, -0.05) is 0 Å². The number of hydrogen-bond donors (Lipinski definition) is 1. The molecular formula is C18H23N4O2. The molecule has 0 bridgehead atoms. The molecule has 1 aliphatic rings. The molecule has 1 aromatic heterocycles. The molecule has 1 aliphatic heterocycles. The summed E-state index contributed by atoms with van der Waals surface area (Å²) < 4.78 is 7.55. The molecule has 2 aromatic rings. The Morgan fingerprint density at radius 2 is 2.38 bits per heavy atom. The van der Waals surface area contributed by atoms with Crippen molar-refractivity contribution in [2.24, 2.45) is 7.05 Å². The molecule has 0 spiro atoms. The first-order chi connectivity index (χ1) is 11.6. The van der Waals surface area contributed by atoms with Crippen LogP contribution in [0.25, 0.3) is 11.1 Å². The van der Waals surface area contributed by atoms with E-state index in [1.807, 2.05) is 38.6 Å². The van der Waals surface area contributed by atoms with Crippen LogP contribution in [0.1, 0.15) is 12.8 Å². The molecule has 1 radical (unpaired) electrons. The number of aryl methyl sites for hydroxylation is 1. The molecule has 1 fully saturated rings. The first-order valence-electron chi connectivity index (χ1n) is 8.25. The smallest absolute Gasteiger partial charge is 0.239 e. The number of rotatable bonds is 6. The van der Waals surface area contributed by atoms with Gasteiger partial charge in [0.05, 0.1) is 18.8 Å². The summed E-state index contributed by atoms with van der Waals surface area (Å²) in [6.45, 7) is 1.95. The number of aromatic nitrogens is 2. The monoisotopic (exact) mass is 327 g/mol. The predicted molar refractivity (Wildman–Crippen MR) is 91.6 cm³/mol. The molecular weight excluding hydrogens is 304 g/mol. The molecule has 24 heavy (non-hydrogen) atoms. The molecule has 1 saturated heterocycles. The van der Waals surface area contributed by atoms with Gasteiger partial charge in [-0.2, -0.15) is 5.10 Å². The fourth-order valence-electron chi connectivity index (χ4n) is 2.84. The van der Waals surface area contributed by atoms with Crippen LogP contribution in [0.15, 0.2) is 30.6 Å². The van der Waals surface area contributed by atoms with E-state index in [1.165, 1.54) is 0 Å². The lowest BCUT2D eigenvalue weighted by Crippen LogP contribution is -2.43. The average Bonchev–Trinajstić information content (AvgIpc) is 3.26. The van der Waals surface area contributed by atoms with Crippen LogP contribution in [0.4, 0.5) is 0 Å². The zero-order chi connectivity index (χ0) is 16.9. The molecule has 1 atom stereocenters. The van der Waals surface area contributed by atoms with Crippen molar-refractivity contribution in [3.05, 3.63) is 36.7 Å². The van der Waals surface area contributed by atoms with Gasteiger partial charge in [-0.25, -0.2) is 0 Å². The van der Waals surface area contributed by atoms with Crippen LogP contribution in [0.2, 0.25) is 0 Å². The second-order valence-electron chi connectivity index (χ2n) is 6.12. The van der Waals surface area contributed by atoms with E-state index in [4.69, 9.17) is 4.74 Å². The molecule has 6 heteroatoms. The van der Waals surface area contributed by atoms with Gasteiger partial charge in [0.25, 0.3) is 0 Å². The zero-order valence-electron chi connectivity index (χ0n) is 14.2. The standard InChI is InChI=1S/C18H23N4O2/c1-21(18(23)17-7-4-8-19-17)9-10-24-16-6-3-5-14(11-16)15-12-20-22(2)13-15/h5-6,11-13,17,19H,4,7-10H2,1-2H3/t17-/m0/s1. The number of carbonyl (C=O) groups is 1. The maximum absolute atomic E-state index is 12.2. The quantitative estimate of drug-likeness (QED) is 0.873. The van der Waals surface area contributed by atoms with Gasteiger partial charge in [-0.15, -0.1) is 0 Å². The first-order valence-corrected chi connectivity index (χ1v) is 8.25. The minimum absolute atomic E-state index is 0.0303. The Bertz CT molecular complexity index is 692. The molecule has 3 rings (SSSR count). The van der Waals surface area contributed by atoms with Gasteiger partial charge in [0.1, 0.15) is 12.4 Å². The van der Waals surface area contributed by atoms with Gasteiger partial charge < -0.3 is 15.0 Å². The lowest BCUT2D eigenvalue weighted by atomic mass is 10.1. The number of carbonyl (C=O) groups excluding carboxylic acids is 1. The summed E-state index contributed by atoms with van der Waals surface area (Å²) in [4.78, 5) is 14.0. The SMILES string of the molecule is CN(CCOc1c[c]cc(-c2cnn(C)c2)c1)C(=O)[C@@H]1CCCN1. The van der Waals surface area contributed by atoms with Gasteiger partial charge in [0, 0.05) is 25.9 Å². The Morgan fingerprint density at radius 1 is 1.50 bits per heavy atom. The van der Waals surface area contributed by atoms with Crippen LogP contribution in [-0.2, 0) is 11.8 Å². The summed E-state index contributed by atoms with van der Waals surface area (Å²) in [5.74, 6) is 0.892. The molecule has 1 N–H and O–H groups in total. The number of benzene rings is 1. The minimum Gasteiger partial charge on any atom is -0.492 e. The van der Waals surface area contributed by atoms with Crippen LogP contribution in [0, 0.1) is 6.07 Å². The predicted octanol–water partition coefficient (Wildman–Crippen LogP) is 1.48.